The van der Waals surface area contributed by atoms with Gasteiger partial charge in [-0.15, -0.1) is 0 Å². The van der Waals surface area contributed by atoms with Crippen LogP contribution in [0.2, 0.25) is 0 Å². The zero-order valence-electron chi connectivity index (χ0n) is 17.9. The molecule has 2 heterocycles. The van der Waals surface area contributed by atoms with Crippen molar-refractivity contribution in [3.05, 3.63) is 84.3 Å². The van der Waals surface area contributed by atoms with Crippen molar-refractivity contribution in [3.8, 4) is 22.8 Å². The van der Waals surface area contributed by atoms with Crippen molar-refractivity contribution in [2.24, 2.45) is 7.05 Å². The lowest BCUT2D eigenvalue weighted by atomic mass is 10.2. The molecule has 0 spiro atoms. The molecule has 4 rings (SSSR count). The number of anilines is 2. The Labute approximate surface area is 195 Å². The summed E-state index contributed by atoms with van der Waals surface area (Å²) in [5, 5.41) is 8.13. The van der Waals surface area contributed by atoms with Crippen LogP contribution < -0.4 is 15.4 Å². The number of aromatic nitrogens is 3. The molecule has 0 aliphatic heterocycles. The summed E-state index contributed by atoms with van der Waals surface area (Å²) in [6.07, 6.45) is 0.183. The predicted molar refractivity (Wildman–Crippen MR) is 117 cm³/mol. The highest BCUT2D eigenvalue weighted by Crippen LogP contribution is 2.32. The molecular weight excluding hydrogens is 473 g/mol. The molecule has 2 N–H and O–H groups in total. The normalized spacial score (nSPS) is 11.3. The Morgan fingerprint density at radius 1 is 0.943 bits per heavy atom. The number of halogens is 5. The molecular formula is C23H16F5N5O2. The largest absolute Gasteiger partial charge is 0.457 e. The van der Waals surface area contributed by atoms with E-state index < -0.39 is 35.1 Å². The van der Waals surface area contributed by atoms with E-state index in [1.165, 1.54) is 18.3 Å². The molecule has 0 unspecified atom stereocenters. The third-order valence-electron chi connectivity index (χ3n) is 4.70. The average molecular weight is 489 g/mol. The summed E-state index contributed by atoms with van der Waals surface area (Å²) in [7, 11) is 1.76. The summed E-state index contributed by atoms with van der Waals surface area (Å²) in [6, 6.07) is 7.19. The van der Waals surface area contributed by atoms with Gasteiger partial charge in [0.15, 0.2) is 0 Å². The maximum atomic E-state index is 14.5. The molecule has 0 bridgehead atoms. The van der Waals surface area contributed by atoms with E-state index in [4.69, 9.17) is 4.74 Å². The first-order valence-corrected chi connectivity index (χ1v) is 9.96. The monoisotopic (exact) mass is 489 g/mol. The number of carbonyl (C=O) groups excluding carboxylic acids is 1. The number of benzene rings is 2. The molecule has 2 aromatic heterocycles. The maximum absolute atomic E-state index is 14.5. The van der Waals surface area contributed by atoms with Crippen molar-refractivity contribution in [2.45, 2.75) is 6.18 Å². The standard InChI is InChI=1S/C23H16F5N5O2/c1-33-12-13(11-30-33)20-10-16(6-7-29-20)35-15-3-5-19(18(25)9-15)31-22(34)32-21-8-14(23(26,27)28)2-4-17(21)24/h2-12H,1H3,(H2,31,32,34). The minimum atomic E-state index is -4.73. The highest BCUT2D eigenvalue weighted by Gasteiger charge is 2.31. The van der Waals surface area contributed by atoms with E-state index >= 15 is 0 Å². The van der Waals surface area contributed by atoms with Gasteiger partial charge < -0.3 is 15.4 Å². The third-order valence-corrected chi connectivity index (χ3v) is 4.70. The maximum Gasteiger partial charge on any atom is 0.416 e. The Bertz CT molecular complexity index is 1390. The summed E-state index contributed by atoms with van der Waals surface area (Å²) in [6.45, 7) is 0. The number of rotatable bonds is 5. The van der Waals surface area contributed by atoms with Gasteiger partial charge in [-0.25, -0.2) is 13.6 Å². The number of hydrogen-bond acceptors (Lipinski definition) is 4. The van der Waals surface area contributed by atoms with E-state index in [1.54, 1.807) is 36.3 Å². The molecule has 2 amide bonds. The molecule has 2 aromatic carbocycles. The second kappa shape index (κ2) is 9.41. The van der Waals surface area contributed by atoms with E-state index in [2.05, 4.69) is 15.4 Å². The number of nitrogens with zero attached hydrogens (tertiary/aromatic N) is 3. The number of pyridine rings is 1. The molecule has 0 saturated carbocycles. The van der Waals surface area contributed by atoms with Crippen LogP contribution in [0.1, 0.15) is 5.56 Å². The van der Waals surface area contributed by atoms with Crippen molar-refractivity contribution in [3.63, 3.8) is 0 Å². The summed E-state index contributed by atoms with van der Waals surface area (Å²) in [5.74, 6) is -1.48. The molecule has 0 saturated heterocycles. The van der Waals surface area contributed by atoms with Gasteiger partial charge in [-0.1, -0.05) is 0 Å². The number of amides is 2. The molecule has 0 radical (unpaired) electrons. The lowest BCUT2D eigenvalue weighted by molar-refractivity contribution is -0.137. The van der Waals surface area contributed by atoms with Crippen molar-refractivity contribution in [1.29, 1.82) is 0 Å². The molecule has 35 heavy (non-hydrogen) atoms. The van der Waals surface area contributed by atoms with Crippen LogP contribution in [0.5, 0.6) is 11.5 Å². The summed E-state index contributed by atoms with van der Waals surface area (Å²) >= 11 is 0. The smallest absolute Gasteiger partial charge is 0.416 e. The number of carbonyl (C=O) groups is 1. The van der Waals surface area contributed by atoms with Crippen LogP contribution in [-0.2, 0) is 13.2 Å². The molecule has 7 nitrogen and oxygen atoms in total. The van der Waals surface area contributed by atoms with Crippen LogP contribution in [-0.4, -0.2) is 20.8 Å². The zero-order chi connectivity index (χ0) is 25.2. The lowest BCUT2D eigenvalue weighted by Gasteiger charge is -2.13. The van der Waals surface area contributed by atoms with E-state index in [1.807, 2.05) is 5.32 Å². The van der Waals surface area contributed by atoms with Gasteiger partial charge in [0.25, 0.3) is 0 Å². The van der Waals surface area contributed by atoms with Gasteiger partial charge in [0.05, 0.1) is 28.8 Å². The Balaban J connectivity index is 1.44. The fraction of sp³-hybridized carbons (Fsp3) is 0.0870. The van der Waals surface area contributed by atoms with Crippen molar-refractivity contribution < 1.29 is 31.5 Å². The van der Waals surface area contributed by atoms with Gasteiger partial charge in [-0.3, -0.25) is 9.67 Å². The van der Waals surface area contributed by atoms with E-state index in [9.17, 15) is 26.7 Å². The average Bonchev–Trinajstić information content (AvgIpc) is 3.23. The number of nitrogens with one attached hydrogen (secondary N) is 2. The van der Waals surface area contributed by atoms with Crippen molar-refractivity contribution in [2.75, 3.05) is 10.6 Å². The molecule has 0 aliphatic carbocycles. The van der Waals surface area contributed by atoms with E-state index in [0.29, 0.717) is 29.6 Å². The van der Waals surface area contributed by atoms with Crippen LogP contribution >= 0.6 is 0 Å². The molecule has 0 atom stereocenters. The first-order valence-electron chi connectivity index (χ1n) is 9.96. The molecule has 12 heteroatoms. The quantitative estimate of drug-likeness (QED) is 0.327. The Hall–Kier alpha value is -4.48. The first-order chi connectivity index (χ1) is 16.6. The summed E-state index contributed by atoms with van der Waals surface area (Å²) in [5.41, 5.74) is -0.808. The molecule has 0 aliphatic rings. The summed E-state index contributed by atoms with van der Waals surface area (Å²) < 4.78 is 74.1. The number of hydrogen-bond donors (Lipinski definition) is 2. The van der Waals surface area contributed by atoms with Crippen molar-refractivity contribution in [1.82, 2.24) is 14.8 Å². The van der Waals surface area contributed by atoms with Gasteiger partial charge in [0, 0.05) is 37.1 Å². The second-order valence-electron chi connectivity index (χ2n) is 7.29. The highest BCUT2D eigenvalue weighted by molar-refractivity contribution is 6.00. The first kappa shape index (κ1) is 23.7. The molecule has 4 aromatic rings. The Morgan fingerprint density at radius 3 is 2.37 bits per heavy atom. The van der Waals surface area contributed by atoms with Gasteiger partial charge >= 0.3 is 12.2 Å². The van der Waals surface area contributed by atoms with Crippen LogP contribution in [0.25, 0.3) is 11.3 Å². The highest BCUT2D eigenvalue weighted by atomic mass is 19.4. The number of alkyl halides is 3. The second-order valence-corrected chi connectivity index (χ2v) is 7.29. The third kappa shape index (κ3) is 5.72. The van der Waals surface area contributed by atoms with Gasteiger partial charge in [-0.05, 0) is 36.4 Å². The van der Waals surface area contributed by atoms with Gasteiger partial charge in [0.2, 0.25) is 0 Å². The Morgan fingerprint density at radius 2 is 1.69 bits per heavy atom. The van der Waals surface area contributed by atoms with Gasteiger partial charge in [-0.2, -0.15) is 18.3 Å². The summed E-state index contributed by atoms with van der Waals surface area (Å²) in [4.78, 5) is 16.4. The van der Waals surface area contributed by atoms with Crippen LogP contribution in [0.15, 0.2) is 67.1 Å². The fourth-order valence-electron chi connectivity index (χ4n) is 3.06. The van der Waals surface area contributed by atoms with E-state index in [0.717, 1.165) is 11.6 Å². The number of ether oxygens (including phenoxy) is 1. The van der Waals surface area contributed by atoms with Crippen molar-refractivity contribution >= 4 is 17.4 Å². The van der Waals surface area contributed by atoms with Gasteiger partial charge in [0.1, 0.15) is 23.1 Å². The number of urea groups is 1. The van der Waals surface area contributed by atoms with Crippen LogP contribution in [0.4, 0.5) is 38.1 Å². The lowest BCUT2D eigenvalue weighted by Crippen LogP contribution is -2.21. The van der Waals surface area contributed by atoms with E-state index in [-0.39, 0.29) is 11.4 Å². The zero-order valence-corrected chi connectivity index (χ0v) is 17.9. The van der Waals surface area contributed by atoms with Crippen LogP contribution in [0, 0.1) is 11.6 Å². The Kier molecular flexibility index (Phi) is 6.36. The predicted octanol–water partition coefficient (Wildman–Crippen LogP) is 6.22. The molecule has 0 fully saturated rings. The topological polar surface area (TPSA) is 81.1 Å². The minimum absolute atomic E-state index is 0.112. The van der Waals surface area contributed by atoms with Crippen LogP contribution in [0.3, 0.4) is 0 Å². The minimum Gasteiger partial charge on any atom is -0.457 e. The molecule has 180 valence electrons. The SMILES string of the molecule is Cn1cc(-c2cc(Oc3ccc(NC(=O)Nc4cc(C(F)(F)F)ccc4F)c(F)c3)ccn2)cn1. The fourth-order valence-corrected chi connectivity index (χ4v) is 3.06. The number of aryl methyl sites for hydroxylation is 1.